The van der Waals surface area contributed by atoms with Gasteiger partial charge in [0.15, 0.2) is 0 Å². The second-order valence-electron chi connectivity index (χ2n) is 5.73. The summed E-state index contributed by atoms with van der Waals surface area (Å²) in [6, 6.07) is 10.7. The summed E-state index contributed by atoms with van der Waals surface area (Å²) in [6.45, 7) is 1.90. The van der Waals surface area contributed by atoms with Gasteiger partial charge in [-0.15, -0.1) is 0 Å². The largest absolute Gasteiger partial charge is 0.321 e. The molecule has 0 unspecified atom stereocenters. The number of fused-ring (bicyclic) bond motifs is 1. The van der Waals surface area contributed by atoms with Gasteiger partial charge in [0.25, 0.3) is 5.91 Å². The third-order valence-electron chi connectivity index (χ3n) is 3.99. The number of imidazole rings is 1. The van der Waals surface area contributed by atoms with Crippen LogP contribution in [0.25, 0.3) is 16.7 Å². The highest BCUT2D eigenvalue weighted by Crippen LogP contribution is 2.23. The Kier molecular flexibility index (Phi) is 4.10. The van der Waals surface area contributed by atoms with Crippen LogP contribution in [0, 0.1) is 6.92 Å². The molecule has 0 saturated heterocycles. The molecule has 0 atom stereocenters. The van der Waals surface area contributed by atoms with Crippen LogP contribution in [0.2, 0.25) is 5.02 Å². The van der Waals surface area contributed by atoms with Crippen LogP contribution in [0.4, 0.5) is 5.69 Å². The number of rotatable bonds is 3. The van der Waals surface area contributed by atoms with E-state index in [0.29, 0.717) is 21.8 Å². The molecule has 1 aromatic carbocycles. The van der Waals surface area contributed by atoms with Crippen LogP contribution in [-0.4, -0.2) is 25.4 Å². The minimum absolute atomic E-state index is 0.287. The van der Waals surface area contributed by atoms with E-state index in [0.717, 1.165) is 17.0 Å². The molecule has 1 amide bonds. The molecule has 1 N–H and O–H groups in total. The number of nitrogens with zero attached hydrogens (tertiary/aromatic N) is 4. The van der Waals surface area contributed by atoms with Gasteiger partial charge in [0.1, 0.15) is 11.6 Å². The summed E-state index contributed by atoms with van der Waals surface area (Å²) in [5.74, 6) is 1.28. The summed E-state index contributed by atoms with van der Waals surface area (Å²) in [6.07, 6.45) is 6.80. The highest BCUT2D eigenvalue weighted by atomic mass is 35.5. The number of amides is 1. The predicted molar refractivity (Wildman–Crippen MR) is 101 cm³/mol. The Bertz CT molecular complexity index is 1100. The third-order valence-corrected chi connectivity index (χ3v) is 4.21. The molecule has 4 aromatic rings. The quantitative estimate of drug-likeness (QED) is 0.596. The molecule has 0 bridgehead atoms. The number of hydrogen-bond acceptors (Lipinski definition) is 4. The lowest BCUT2D eigenvalue weighted by atomic mass is 10.1. The number of aryl methyl sites for hydroxylation is 1. The second kappa shape index (κ2) is 6.57. The molecule has 0 spiro atoms. The zero-order valence-electron chi connectivity index (χ0n) is 13.8. The Balaban J connectivity index is 1.62. The van der Waals surface area contributed by atoms with E-state index < -0.39 is 0 Å². The van der Waals surface area contributed by atoms with Crippen molar-refractivity contribution in [1.82, 2.24) is 19.5 Å². The maximum absolute atomic E-state index is 12.7. The van der Waals surface area contributed by atoms with Crippen LogP contribution in [0.5, 0.6) is 0 Å². The van der Waals surface area contributed by atoms with Crippen molar-refractivity contribution in [2.24, 2.45) is 0 Å². The molecule has 7 heteroatoms. The number of carbonyl (C=O) groups excluding carboxylic acids is 1. The average Bonchev–Trinajstić information content (AvgIpc) is 3.07. The number of nitrogens with one attached hydrogen (secondary N) is 1. The molecule has 26 heavy (non-hydrogen) atoms. The summed E-state index contributed by atoms with van der Waals surface area (Å²) >= 11 is 6.13. The number of aromatic nitrogens is 4. The van der Waals surface area contributed by atoms with Crippen molar-refractivity contribution < 1.29 is 4.79 Å². The van der Waals surface area contributed by atoms with E-state index >= 15 is 0 Å². The van der Waals surface area contributed by atoms with Gasteiger partial charge in [-0.1, -0.05) is 17.7 Å². The molecular weight excluding hydrogens is 350 g/mol. The van der Waals surface area contributed by atoms with Gasteiger partial charge in [-0.2, -0.15) is 0 Å². The van der Waals surface area contributed by atoms with E-state index in [1.807, 2.05) is 29.8 Å². The monoisotopic (exact) mass is 363 g/mol. The molecule has 6 nitrogen and oxygen atoms in total. The molecule has 0 saturated carbocycles. The van der Waals surface area contributed by atoms with Gasteiger partial charge >= 0.3 is 0 Å². The molecule has 128 valence electrons. The normalized spacial score (nSPS) is 10.8. The first-order chi connectivity index (χ1) is 12.6. The molecule has 0 aliphatic heterocycles. The smallest absolute Gasteiger partial charge is 0.257 e. The zero-order chi connectivity index (χ0) is 18.1. The van der Waals surface area contributed by atoms with E-state index in [1.165, 1.54) is 0 Å². The summed E-state index contributed by atoms with van der Waals surface area (Å²) < 4.78 is 1.86. The lowest BCUT2D eigenvalue weighted by Gasteiger charge is -2.09. The fraction of sp³-hybridized carbons (Fsp3) is 0.0526. The Labute approximate surface area is 154 Å². The minimum Gasteiger partial charge on any atom is -0.321 e. The lowest BCUT2D eigenvalue weighted by Crippen LogP contribution is -2.13. The lowest BCUT2D eigenvalue weighted by molar-refractivity contribution is 0.102. The average molecular weight is 364 g/mol. The highest BCUT2D eigenvalue weighted by Gasteiger charge is 2.13. The van der Waals surface area contributed by atoms with Crippen LogP contribution in [-0.2, 0) is 0 Å². The SMILES string of the molecule is Cc1nccn1-c1ccc(NC(=O)c2cc(Cl)cc3cccnc23)cn1. The van der Waals surface area contributed by atoms with Crippen molar-refractivity contribution >= 4 is 34.1 Å². The van der Waals surface area contributed by atoms with E-state index in [1.54, 1.807) is 42.9 Å². The molecule has 0 aliphatic carbocycles. The van der Waals surface area contributed by atoms with Crippen molar-refractivity contribution in [3.05, 3.63) is 77.6 Å². The third kappa shape index (κ3) is 3.02. The summed E-state index contributed by atoms with van der Waals surface area (Å²) in [7, 11) is 0. The van der Waals surface area contributed by atoms with Gasteiger partial charge in [-0.25, -0.2) is 9.97 Å². The van der Waals surface area contributed by atoms with Crippen molar-refractivity contribution in [2.75, 3.05) is 5.32 Å². The fourth-order valence-corrected chi connectivity index (χ4v) is 2.98. The first-order valence-electron chi connectivity index (χ1n) is 7.94. The van der Waals surface area contributed by atoms with E-state index in [2.05, 4.69) is 20.3 Å². The first kappa shape index (κ1) is 16.2. The Morgan fingerprint density at radius 1 is 1.12 bits per heavy atom. The maximum Gasteiger partial charge on any atom is 0.257 e. The number of hydrogen-bond donors (Lipinski definition) is 1. The Morgan fingerprint density at radius 3 is 2.73 bits per heavy atom. The molecule has 3 aromatic heterocycles. The van der Waals surface area contributed by atoms with Crippen LogP contribution < -0.4 is 5.32 Å². The van der Waals surface area contributed by atoms with Gasteiger partial charge in [0.05, 0.1) is 23.0 Å². The van der Waals surface area contributed by atoms with Gasteiger partial charge < -0.3 is 5.32 Å². The summed E-state index contributed by atoms with van der Waals surface area (Å²) in [5.41, 5.74) is 1.61. The van der Waals surface area contributed by atoms with Crippen molar-refractivity contribution in [3.63, 3.8) is 0 Å². The van der Waals surface area contributed by atoms with Crippen molar-refractivity contribution in [2.45, 2.75) is 6.92 Å². The van der Waals surface area contributed by atoms with Gasteiger partial charge in [-0.3, -0.25) is 14.3 Å². The maximum atomic E-state index is 12.7. The number of pyridine rings is 2. The summed E-state index contributed by atoms with van der Waals surface area (Å²) in [5, 5.41) is 4.14. The van der Waals surface area contributed by atoms with E-state index in [-0.39, 0.29) is 5.91 Å². The molecule has 4 rings (SSSR count). The van der Waals surface area contributed by atoms with Crippen LogP contribution in [0.1, 0.15) is 16.2 Å². The minimum atomic E-state index is -0.287. The van der Waals surface area contributed by atoms with Crippen molar-refractivity contribution in [1.29, 1.82) is 0 Å². The van der Waals surface area contributed by atoms with Crippen molar-refractivity contribution in [3.8, 4) is 5.82 Å². The number of benzene rings is 1. The first-order valence-corrected chi connectivity index (χ1v) is 8.31. The molecule has 0 aliphatic rings. The van der Waals surface area contributed by atoms with Gasteiger partial charge in [0.2, 0.25) is 0 Å². The number of anilines is 1. The van der Waals surface area contributed by atoms with Gasteiger partial charge in [0, 0.05) is 29.0 Å². The summed E-state index contributed by atoms with van der Waals surface area (Å²) in [4.78, 5) is 25.5. The Hall–Kier alpha value is -3.25. The van der Waals surface area contributed by atoms with E-state index in [9.17, 15) is 4.79 Å². The predicted octanol–water partition coefficient (Wildman–Crippen LogP) is 4.03. The molecule has 0 fully saturated rings. The van der Waals surface area contributed by atoms with E-state index in [4.69, 9.17) is 11.6 Å². The zero-order valence-corrected chi connectivity index (χ0v) is 14.6. The van der Waals surface area contributed by atoms with Crippen LogP contribution >= 0.6 is 11.6 Å². The topological polar surface area (TPSA) is 72.7 Å². The standard InChI is InChI=1S/C19H14ClN5O/c1-12-21-7-8-25(12)17-5-4-15(11-23-17)24-19(26)16-10-14(20)9-13-3-2-6-22-18(13)16/h2-11H,1H3,(H,24,26). The van der Waals surface area contributed by atoms with Gasteiger partial charge in [-0.05, 0) is 37.3 Å². The van der Waals surface area contributed by atoms with Crippen LogP contribution in [0.3, 0.4) is 0 Å². The number of carbonyl (C=O) groups is 1. The molecule has 3 heterocycles. The highest BCUT2D eigenvalue weighted by molar-refractivity contribution is 6.32. The van der Waals surface area contributed by atoms with Crippen LogP contribution in [0.15, 0.2) is 61.2 Å². The molecular formula is C19H14ClN5O. The number of halogens is 1. The fourth-order valence-electron chi connectivity index (χ4n) is 2.75. The molecule has 0 radical (unpaired) electrons. The Morgan fingerprint density at radius 2 is 2.00 bits per heavy atom. The second-order valence-corrected chi connectivity index (χ2v) is 6.17.